The summed E-state index contributed by atoms with van der Waals surface area (Å²) < 4.78 is 48.5. The first kappa shape index (κ1) is 24.3. The van der Waals surface area contributed by atoms with Gasteiger partial charge in [-0.15, -0.1) is 0 Å². The first-order chi connectivity index (χ1) is 15.2. The highest BCUT2D eigenvalue weighted by Crippen LogP contribution is 2.49. The highest BCUT2D eigenvalue weighted by Gasteiger charge is 2.52. The molecule has 0 bridgehead atoms. The Morgan fingerprint density at radius 2 is 1.94 bits per heavy atom. The van der Waals surface area contributed by atoms with E-state index in [4.69, 9.17) is 4.74 Å². The van der Waals surface area contributed by atoms with Crippen LogP contribution in [0.3, 0.4) is 0 Å². The minimum atomic E-state index is -3.86. The molecule has 1 saturated carbocycles. The predicted octanol–water partition coefficient (Wildman–Crippen LogP) is 2.89. The summed E-state index contributed by atoms with van der Waals surface area (Å²) in [5.41, 5.74) is 2.47. The first-order valence-corrected chi connectivity index (χ1v) is 12.3. The van der Waals surface area contributed by atoms with Crippen LogP contribution in [0.1, 0.15) is 43.4 Å². The van der Waals surface area contributed by atoms with E-state index in [1.54, 1.807) is 12.4 Å². The zero-order chi connectivity index (χ0) is 23.5. The van der Waals surface area contributed by atoms with Crippen LogP contribution >= 0.6 is 0 Å². The highest BCUT2D eigenvalue weighted by atomic mass is 32.2. The van der Waals surface area contributed by atoms with Gasteiger partial charge >= 0.3 is 0 Å². The van der Waals surface area contributed by atoms with E-state index >= 15 is 0 Å². The normalized spacial score (nSPS) is 17.7. The summed E-state index contributed by atoms with van der Waals surface area (Å²) in [6.45, 7) is 8.19. The molecule has 4 rings (SSSR count). The quantitative estimate of drug-likeness (QED) is 0.653. The summed E-state index contributed by atoms with van der Waals surface area (Å²) in [6, 6.07) is 1.53. The number of aromatic nitrogens is 2. The molecule has 0 unspecified atom stereocenters. The molecule has 3 heterocycles. The molecule has 0 amide bonds. The third-order valence-electron chi connectivity index (χ3n) is 5.95. The molecule has 2 aliphatic rings. The van der Waals surface area contributed by atoms with Gasteiger partial charge < -0.3 is 9.64 Å². The first-order valence-electron chi connectivity index (χ1n) is 10.8. The molecule has 2 fully saturated rings. The molecule has 1 saturated heterocycles. The van der Waals surface area contributed by atoms with E-state index in [0.717, 1.165) is 37.1 Å². The SMILES string of the molecule is CC.CNS(=O)(=O)Nc1nccc(Cc2cncc(OC3CC4(C3)CN(C)C4)c2C)c1F. The van der Waals surface area contributed by atoms with Gasteiger partial charge in [0.1, 0.15) is 11.9 Å². The number of nitrogens with zero attached hydrogens (tertiary/aromatic N) is 3. The molecule has 2 aromatic heterocycles. The van der Waals surface area contributed by atoms with Gasteiger partial charge in [-0.2, -0.15) is 8.42 Å². The van der Waals surface area contributed by atoms with Gasteiger partial charge in [-0.1, -0.05) is 13.8 Å². The van der Waals surface area contributed by atoms with Crippen LogP contribution in [0.4, 0.5) is 10.2 Å². The third kappa shape index (κ3) is 5.19. The van der Waals surface area contributed by atoms with Crippen molar-refractivity contribution in [2.24, 2.45) is 5.41 Å². The van der Waals surface area contributed by atoms with E-state index in [9.17, 15) is 12.8 Å². The Morgan fingerprint density at radius 1 is 1.25 bits per heavy atom. The molecule has 0 aromatic carbocycles. The molecule has 176 valence electrons. The number of hydrogen-bond donors (Lipinski definition) is 2. The van der Waals surface area contributed by atoms with Crippen LogP contribution in [0.15, 0.2) is 24.7 Å². The van der Waals surface area contributed by atoms with Crippen molar-refractivity contribution in [3.8, 4) is 5.75 Å². The number of nitrogens with one attached hydrogen (secondary N) is 2. The Kier molecular flexibility index (Phi) is 7.36. The number of pyridine rings is 2. The van der Waals surface area contributed by atoms with Crippen molar-refractivity contribution in [3.05, 3.63) is 47.2 Å². The van der Waals surface area contributed by atoms with Crippen LogP contribution in [-0.2, 0) is 16.6 Å². The summed E-state index contributed by atoms with van der Waals surface area (Å²) in [4.78, 5) is 10.4. The maximum absolute atomic E-state index is 14.8. The standard InChI is InChI=1S/C20H26FN5O3S.C2H6/c1-13-15(6-14-4-5-24-19(18(14)21)25-30(27,28)22-2)9-23-10-17(13)29-16-7-20(8-16)11-26(3)12-20;1-2/h4-5,9-10,16,22H,6-8,11-12H2,1-3H3,(H,24,25);1-2H3. The van der Waals surface area contributed by atoms with Gasteiger partial charge in [-0.3, -0.25) is 9.71 Å². The van der Waals surface area contributed by atoms with Gasteiger partial charge in [0.2, 0.25) is 0 Å². The molecule has 10 heteroatoms. The molecule has 32 heavy (non-hydrogen) atoms. The van der Waals surface area contributed by atoms with Crippen LogP contribution in [0.25, 0.3) is 0 Å². The molecule has 8 nitrogen and oxygen atoms in total. The zero-order valence-electron chi connectivity index (χ0n) is 19.3. The molecule has 2 N–H and O–H groups in total. The Bertz CT molecular complexity index is 1050. The second-order valence-corrected chi connectivity index (χ2v) is 9.98. The van der Waals surface area contributed by atoms with E-state index in [1.165, 1.54) is 19.3 Å². The Balaban J connectivity index is 0.00000141. The van der Waals surface area contributed by atoms with E-state index in [0.29, 0.717) is 16.7 Å². The third-order valence-corrected chi connectivity index (χ3v) is 6.95. The van der Waals surface area contributed by atoms with Crippen molar-refractivity contribution >= 4 is 16.0 Å². The molecule has 2 aromatic rings. The number of ether oxygens (including phenoxy) is 1. The maximum Gasteiger partial charge on any atom is 0.300 e. The van der Waals surface area contributed by atoms with Gasteiger partial charge in [0.05, 0.1) is 6.20 Å². The Labute approximate surface area is 189 Å². The van der Waals surface area contributed by atoms with Crippen LogP contribution in [0.2, 0.25) is 0 Å². The average molecular weight is 466 g/mol. The second-order valence-electron chi connectivity index (χ2n) is 8.36. The molecule has 1 aliphatic heterocycles. The summed E-state index contributed by atoms with van der Waals surface area (Å²) in [7, 11) is -0.495. The average Bonchev–Trinajstić information content (AvgIpc) is 2.72. The molecular weight excluding hydrogens is 433 g/mol. The fourth-order valence-corrected chi connectivity index (χ4v) is 4.94. The fourth-order valence-electron chi connectivity index (χ4n) is 4.44. The number of anilines is 1. The fraction of sp³-hybridized carbons (Fsp3) is 0.545. The van der Waals surface area contributed by atoms with Gasteiger partial charge in [-0.25, -0.2) is 14.1 Å². The summed E-state index contributed by atoms with van der Waals surface area (Å²) in [5, 5.41) is 0. The molecule has 1 aliphatic carbocycles. The van der Waals surface area contributed by atoms with E-state index in [-0.39, 0.29) is 18.3 Å². The molecular formula is C22H32FN5O3S. The second kappa shape index (κ2) is 9.68. The number of likely N-dealkylation sites (tertiary alicyclic amines) is 1. The summed E-state index contributed by atoms with van der Waals surface area (Å²) in [5.74, 6) is -0.340. The number of rotatable bonds is 7. The van der Waals surface area contributed by atoms with E-state index in [1.807, 2.05) is 20.8 Å². The van der Waals surface area contributed by atoms with Gasteiger partial charge in [0, 0.05) is 44.4 Å². The monoisotopic (exact) mass is 465 g/mol. The number of halogens is 1. The van der Waals surface area contributed by atoms with Crippen molar-refractivity contribution in [3.63, 3.8) is 0 Å². The lowest BCUT2D eigenvalue weighted by Crippen LogP contribution is -2.63. The van der Waals surface area contributed by atoms with Gasteiger partial charge in [0.15, 0.2) is 11.6 Å². The largest absolute Gasteiger partial charge is 0.488 e. The lowest BCUT2D eigenvalue weighted by molar-refractivity contribution is -0.109. The minimum absolute atomic E-state index is 0.190. The lowest BCUT2D eigenvalue weighted by Gasteiger charge is -2.57. The van der Waals surface area contributed by atoms with Crippen molar-refractivity contribution in [1.82, 2.24) is 19.6 Å². The topological polar surface area (TPSA) is 96.5 Å². The van der Waals surface area contributed by atoms with Crippen molar-refractivity contribution < 1.29 is 17.5 Å². The van der Waals surface area contributed by atoms with Crippen LogP contribution < -0.4 is 14.2 Å². The molecule has 0 atom stereocenters. The van der Waals surface area contributed by atoms with Crippen molar-refractivity contribution in [2.45, 2.75) is 46.1 Å². The molecule has 0 radical (unpaired) electrons. The van der Waals surface area contributed by atoms with Crippen molar-refractivity contribution in [1.29, 1.82) is 0 Å². The molecule has 1 spiro atoms. The van der Waals surface area contributed by atoms with Crippen LogP contribution in [-0.4, -0.2) is 56.6 Å². The van der Waals surface area contributed by atoms with E-state index < -0.39 is 16.0 Å². The number of hydrogen-bond acceptors (Lipinski definition) is 6. The highest BCUT2D eigenvalue weighted by molar-refractivity contribution is 7.90. The smallest absolute Gasteiger partial charge is 0.300 e. The van der Waals surface area contributed by atoms with Crippen molar-refractivity contribution in [2.75, 3.05) is 31.9 Å². The van der Waals surface area contributed by atoms with Gasteiger partial charge in [-0.05, 0) is 49.6 Å². The van der Waals surface area contributed by atoms with Crippen LogP contribution in [0.5, 0.6) is 5.75 Å². The minimum Gasteiger partial charge on any atom is -0.488 e. The maximum atomic E-state index is 14.8. The lowest BCUT2D eigenvalue weighted by atomic mass is 9.62. The van der Waals surface area contributed by atoms with E-state index in [2.05, 4.69) is 31.4 Å². The Morgan fingerprint density at radius 3 is 2.56 bits per heavy atom. The zero-order valence-corrected chi connectivity index (χ0v) is 20.1. The Hall–Kier alpha value is -2.30. The predicted molar refractivity (Wildman–Crippen MR) is 123 cm³/mol. The van der Waals surface area contributed by atoms with Gasteiger partial charge in [0.25, 0.3) is 10.2 Å². The van der Waals surface area contributed by atoms with Crippen LogP contribution in [0, 0.1) is 18.2 Å². The summed E-state index contributed by atoms with van der Waals surface area (Å²) in [6.07, 6.45) is 7.30. The summed E-state index contributed by atoms with van der Waals surface area (Å²) >= 11 is 0.